The van der Waals surface area contributed by atoms with E-state index in [2.05, 4.69) is 0 Å². The summed E-state index contributed by atoms with van der Waals surface area (Å²) >= 11 is 0. The number of hydrogen-bond donors (Lipinski definition) is 0. The van der Waals surface area contributed by atoms with Gasteiger partial charge in [-0.1, -0.05) is 12.1 Å². The summed E-state index contributed by atoms with van der Waals surface area (Å²) in [6, 6.07) is 7.56. The highest BCUT2D eigenvalue weighted by Crippen LogP contribution is 2.23. The third kappa shape index (κ3) is 3.54. The Kier molecular flexibility index (Phi) is 4.83. The van der Waals surface area contributed by atoms with E-state index in [1.807, 2.05) is 43.3 Å². The van der Waals surface area contributed by atoms with Crippen LogP contribution in [0.25, 0.3) is 0 Å². The van der Waals surface area contributed by atoms with Gasteiger partial charge in [0.1, 0.15) is 6.04 Å². The highest BCUT2D eigenvalue weighted by Gasteiger charge is 2.36. The Morgan fingerprint density at radius 1 is 1.33 bits per heavy atom. The van der Waals surface area contributed by atoms with E-state index in [9.17, 15) is 9.59 Å². The van der Waals surface area contributed by atoms with Crippen molar-refractivity contribution in [2.75, 3.05) is 25.6 Å². The summed E-state index contributed by atoms with van der Waals surface area (Å²) < 4.78 is 5.05. The van der Waals surface area contributed by atoms with Crippen LogP contribution < -0.4 is 4.90 Å². The molecule has 0 N–H and O–H groups in total. The predicted molar refractivity (Wildman–Crippen MR) is 81.0 cm³/mol. The molecular formula is C16H22N2O3. The summed E-state index contributed by atoms with van der Waals surface area (Å²) in [7, 11) is 3.96. The normalized spacial score (nSPS) is 18.0. The van der Waals surface area contributed by atoms with Crippen LogP contribution in [0, 0.1) is 0 Å². The number of likely N-dealkylation sites (tertiary alicyclic amines) is 1. The highest BCUT2D eigenvalue weighted by atomic mass is 16.5. The zero-order chi connectivity index (χ0) is 15.4. The van der Waals surface area contributed by atoms with Crippen molar-refractivity contribution in [3.8, 4) is 0 Å². The monoisotopic (exact) mass is 290 g/mol. The van der Waals surface area contributed by atoms with Crippen molar-refractivity contribution >= 4 is 17.6 Å². The van der Waals surface area contributed by atoms with Gasteiger partial charge in [0.15, 0.2) is 0 Å². The molecule has 1 atom stereocenters. The maximum atomic E-state index is 12.0. The molecule has 0 aromatic heterocycles. The summed E-state index contributed by atoms with van der Waals surface area (Å²) in [6.45, 7) is 2.57. The number of carbonyl (C=O) groups excluding carboxylic acids is 2. The summed E-state index contributed by atoms with van der Waals surface area (Å²) in [5.74, 6) is -0.280. The van der Waals surface area contributed by atoms with Crippen molar-refractivity contribution in [1.29, 1.82) is 0 Å². The first kappa shape index (κ1) is 15.4. The first-order valence-corrected chi connectivity index (χ1v) is 7.25. The largest absolute Gasteiger partial charge is 0.464 e. The second-order valence-corrected chi connectivity index (χ2v) is 5.39. The quantitative estimate of drug-likeness (QED) is 0.776. The number of ether oxygens (including phenoxy) is 1. The smallest absolute Gasteiger partial charge is 0.328 e. The number of amides is 1. The van der Waals surface area contributed by atoms with Crippen LogP contribution in [-0.2, 0) is 20.9 Å². The Morgan fingerprint density at radius 2 is 2.00 bits per heavy atom. The molecular weight excluding hydrogens is 268 g/mol. The molecule has 0 radical (unpaired) electrons. The van der Waals surface area contributed by atoms with Crippen LogP contribution in [0.3, 0.4) is 0 Å². The fourth-order valence-electron chi connectivity index (χ4n) is 2.51. The van der Waals surface area contributed by atoms with Crippen LogP contribution in [0.1, 0.15) is 25.3 Å². The van der Waals surface area contributed by atoms with Crippen LogP contribution in [0.2, 0.25) is 0 Å². The van der Waals surface area contributed by atoms with Crippen LogP contribution in [0.15, 0.2) is 24.3 Å². The minimum atomic E-state index is -0.439. The lowest BCUT2D eigenvalue weighted by atomic mass is 10.1. The van der Waals surface area contributed by atoms with E-state index < -0.39 is 6.04 Å². The number of carbonyl (C=O) groups is 2. The standard InChI is InChI=1S/C16H22N2O3/c1-4-21-16(20)14-9-10-15(19)18(14)11-12-5-7-13(8-6-12)17(2)3/h5-8,14H,4,9-11H2,1-3H3. The number of hydrogen-bond acceptors (Lipinski definition) is 4. The van der Waals surface area contributed by atoms with E-state index in [-0.39, 0.29) is 11.9 Å². The molecule has 1 saturated heterocycles. The van der Waals surface area contributed by atoms with Crippen LogP contribution in [0.4, 0.5) is 5.69 Å². The average Bonchev–Trinajstić information content (AvgIpc) is 2.81. The molecule has 1 aliphatic heterocycles. The van der Waals surface area contributed by atoms with E-state index in [4.69, 9.17) is 4.74 Å². The van der Waals surface area contributed by atoms with Gasteiger partial charge in [0.2, 0.25) is 5.91 Å². The van der Waals surface area contributed by atoms with Crippen LogP contribution >= 0.6 is 0 Å². The van der Waals surface area contributed by atoms with E-state index in [1.54, 1.807) is 11.8 Å². The third-order valence-corrected chi connectivity index (χ3v) is 3.69. The van der Waals surface area contributed by atoms with Gasteiger partial charge in [-0.15, -0.1) is 0 Å². The summed E-state index contributed by atoms with van der Waals surface area (Å²) in [4.78, 5) is 27.5. The minimum absolute atomic E-state index is 0.0183. The lowest BCUT2D eigenvalue weighted by Gasteiger charge is -2.23. The Labute approximate surface area is 125 Å². The molecule has 0 spiro atoms. The maximum Gasteiger partial charge on any atom is 0.328 e. The van der Waals surface area contributed by atoms with Gasteiger partial charge in [0.25, 0.3) is 0 Å². The van der Waals surface area contributed by atoms with Gasteiger partial charge in [-0.2, -0.15) is 0 Å². The fourth-order valence-corrected chi connectivity index (χ4v) is 2.51. The molecule has 0 saturated carbocycles. The molecule has 1 aliphatic rings. The van der Waals surface area contributed by atoms with Crippen LogP contribution in [0.5, 0.6) is 0 Å². The SMILES string of the molecule is CCOC(=O)C1CCC(=O)N1Cc1ccc(N(C)C)cc1. The Hall–Kier alpha value is -2.04. The molecule has 0 bridgehead atoms. The molecule has 21 heavy (non-hydrogen) atoms. The topological polar surface area (TPSA) is 49.9 Å². The number of anilines is 1. The molecule has 1 amide bonds. The molecule has 1 heterocycles. The van der Waals surface area contributed by atoms with Gasteiger partial charge in [0.05, 0.1) is 6.61 Å². The molecule has 5 nitrogen and oxygen atoms in total. The predicted octanol–water partition coefficient (Wildman–Crippen LogP) is 1.81. The van der Waals surface area contributed by atoms with E-state index in [0.717, 1.165) is 11.3 Å². The number of esters is 1. The Morgan fingerprint density at radius 3 is 2.57 bits per heavy atom. The molecule has 1 fully saturated rings. The van der Waals surface area contributed by atoms with Gasteiger partial charge in [0, 0.05) is 32.7 Å². The average molecular weight is 290 g/mol. The second-order valence-electron chi connectivity index (χ2n) is 5.39. The summed E-state index contributed by atoms with van der Waals surface area (Å²) in [6.07, 6.45) is 0.965. The molecule has 114 valence electrons. The lowest BCUT2D eigenvalue weighted by molar-refractivity contribution is -0.151. The molecule has 0 aliphatic carbocycles. The van der Waals surface area contributed by atoms with Crippen molar-refractivity contribution in [2.45, 2.75) is 32.4 Å². The molecule has 1 aromatic carbocycles. The van der Waals surface area contributed by atoms with Gasteiger partial charge in [-0.05, 0) is 31.0 Å². The molecule has 1 unspecified atom stereocenters. The van der Waals surface area contributed by atoms with Gasteiger partial charge >= 0.3 is 5.97 Å². The van der Waals surface area contributed by atoms with Gasteiger partial charge < -0.3 is 14.5 Å². The fraction of sp³-hybridized carbons (Fsp3) is 0.500. The molecule has 2 rings (SSSR count). The number of benzene rings is 1. The van der Waals surface area contributed by atoms with Crippen molar-refractivity contribution in [1.82, 2.24) is 4.90 Å². The molecule has 1 aromatic rings. The van der Waals surface area contributed by atoms with Crippen LogP contribution in [-0.4, -0.2) is 43.5 Å². The Bertz CT molecular complexity index is 511. The van der Waals surface area contributed by atoms with Gasteiger partial charge in [-0.3, -0.25) is 4.79 Å². The maximum absolute atomic E-state index is 12.0. The van der Waals surface area contributed by atoms with E-state index in [0.29, 0.717) is 26.0 Å². The second kappa shape index (κ2) is 6.61. The summed E-state index contributed by atoms with van der Waals surface area (Å²) in [5, 5.41) is 0. The van der Waals surface area contributed by atoms with Crippen molar-refractivity contribution in [3.05, 3.63) is 29.8 Å². The zero-order valence-corrected chi connectivity index (χ0v) is 12.8. The molecule has 5 heteroatoms. The lowest BCUT2D eigenvalue weighted by Crippen LogP contribution is -2.39. The van der Waals surface area contributed by atoms with E-state index >= 15 is 0 Å². The first-order valence-electron chi connectivity index (χ1n) is 7.25. The van der Waals surface area contributed by atoms with Crippen molar-refractivity contribution < 1.29 is 14.3 Å². The highest BCUT2D eigenvalue weighted by molar-refractivity contribution is 5.88. The van der Waals surface area contributed by atoms with Gasteiger partial charge in [-0.25, -0.2) is 4.79 Å². The van der Waals surface area contributed by atoms with E-state index in [1.165, 1.54) is 0 Å². The van der Waals surface area contributed by atoms with Crippen molar-refractivity contribution in [3.63, 3.8) is 0 Å². The third-order valence-electron chi connectivity index (χ3n) is 3.69. The number of rotatable bonds is 5. The van der Waals surface area contributed by atoms with Crippen molar-refractivity contribution in [2.24, 2.45) is 0 Å². The first-order chi connectivity index (χ1) is 10.0. The zero-order valence-electron chi connectivity index (χ0n) is 12.8. The Balaban J connectivity index is 2.08. The minimum Gasteiger partial charge on any atom is -0.464 e. The summed E-state index contributed by atoms with van der Waals surface area (Å²) in [5.41, 5.74) is 2.12. The number of nitrogens with zero attached hydrogens (tertiary/aromatic N) is 2.